The molecule has 0 aliphatic heterocycles. The van der Waals surface area contributed by atoms with E-state index in [1.807, 2.05) is 11.8 Å². The Balaban J connectivity index is 1.96. The molecule has 1 aromatic carbocycles. The number of nitrogens with one attached hydrogen (secondary N) is 1. The summed E-state index contributed by atoms with van der Waals surface area (Å²) < 4.78 is 50.8. The highest BCUT2D eigenvalue weighted by atomic mass is 32.2. The van der Waals surface area contributed by atoms with Crippen LogP contribution in [0.5, 0.6) is 0 Å². The summed E-state index contributed by atoms with van der Waals surface area (Å²) in [6.07, 6.45) is 7.30. The fourth-order valence-corrected chi connectivity index (χ4v) is 6.21. The first-order chi connectivity index (χ1) is 14.0. The minimum absolute atomic E-state index is 0.0499. The van der Waals surface area contributed by atoms with E-state index in [1.165, 1.54) is 70.5 Å². The number of carbonyl (C=O) groups excluding carboxylic acids is 1. The van der Waals surface area contributed by atoms with Crippen molar-refractivity contribution in [2.75, 3.05) is 43.5 Å². The Hall–Kier alpha value is -1.30. The summed E-state index contributed by atoms with van der Waals surface area (Å²) in [7, 11) is -4.50. The van der Waals surface area contributed by atoms with E-state index in [2.05, 4.69) is 5.32 Å². The number of carbonyl (C=O) groups is 1. The molecule has 0 aromatic heterocycles. The third kappa shape index (κ3) is 7.14. The van der Waals surface area contributed by atoms with Crippen LogP contribution in [0.4, 0.5) is 5.69 Å². The molecule has 1 aromatic rings. The van der Waals surface area contributed by atoms with Crippen molar-refractivity contribution in [3.8, 4) is 0 Å². The van der Waals surface area contributed by atoms with Gasteiger partial charge in [0.05, 0.1) is 16.8 Å². The summed E-state index contributed by atoms with van der Waals surface area (Å²) in [5.74, 6) is 0.404. The molecule has 0 spiro atoms. The maximum absolute atomic E-state index is 12.3. The molecular weight excluding hydrogens is 446 g/mol. The van der Waals surface area contributed by atoms with Gasteiger partial charge in [0.1, 0.15) is 6.54 Å². The van der Waals surface area contributed by atoms with E-state index in [4.69, 9.17) is 0 Å². The Morgan fingerprint density at radius 3 is 2.20 bits per heavy atom. The maximum Gasteiger partial charge on any atom is 0.242 e. The molecule has 0 unspecified atom stereocenters. The largest absolute Gasteiger partial charge is 0.354 e. The van der Waals surface area contributed by atoms with Gasteiger partial charge in [0.25, 0.3) is 0 Å². The molecule has 170 valence electrons. The average molecular weight is 478 g/mol. The molecule has 1 aliphatic rings. The molecule has 2 rings (SSSR count). The van der Waals surface area contributed by atoms with Crippen LogP contribution >= 0.6 is 11.8 Å². The molecule has 8 nitrogen and oxygen atoms in total. The summed E-state index contributed by atoms with van der Waals surface area (Å²) in [4.78, 5) is 12.4. The Morgan fingerprint density at radius 1 is 1.07 bits per heavy atom. The lowest BCUT2D eigenvalue weighted by atomic mass is 10.0. The van der Waals surface area contributed by atoms with Crippen molar-refractivity contribution in [3.63, 3.8) is 0 Å². The molecular formula is C19H31N3O5S3. The van der Waals surface area contributed by atoms with E-state index < -0.39 is 26.0 Å². The van der Waals surface area contributed by atoms with Gasteiger partial charge < -0.3 is 5.32 Å². The van der Waals surface area contributed by atoms with Crippen molar-refractivity contribution in [1.29, 1.82) is 0 Å². The molecule has 11 heteroatoms. The van der Waals surface area contributed by atoms with Gasteiger partial charge >= 0.3 is 0 Å². The van der Waals surface area contributed by atoms with Crippen LogP contribution in [0, 0.1) is 0 Å². The van der Waals surface area contributed by atoms with Gasteiger partial charge in [-0.1, -0.05) is 19.3 Å². The zero-order chi connectivity index (χ0) is 22.4. The Morgan fingerprint density at radius 2 is 1.67 bits per heavy atom. The second kappa shape index (κ2) is 10.8. The number of amides is 1. The normalized spacial score (nSPS) is 15.9. The number of benzene rings is 1. The van der Waals surface area contributed by atoms with E-state index in [-0.39, 0.29) is 17.1 Å². The van der Waals surface area contributed by atoms with Crippen molar-refractivity contribution in [1.82, 2.24) is 9.62 Å². The number of sulfonamides is 2. The van der Waals surface area contributed by atoms with Crippen LogP contribution in [0.3, 0.4) is 0 Å². The van der Waals surface area contributed by atoms with Gasteiger partial charge in [-0.2, -0.15) is 11.8 Å². The highest BCUT2D eigenvalue weighted by molar-refractivity contribution is 7.99. The smallest absolute Gasteiger partial charge is 0.242 e. The Kier molecular flexibility index (Phi) is 9.01. The van der Waals surface area contributed by atoms with E-state index in [0.717, 1.165) is 20.6 Å². The quantitative estimate of drug-likeness (QED) is 0.516. The third-order valence-electron chi connectivity index (χ3n) is 4.92. The number of nitrogens with zero attached hydrogens (tertiary/aromatic N) is 2. The van der Waals surface area contributed by atoms with E-state index in [0.29, 0.717) is 11.8 Å². The summed E-state index contributed by atoms with van der Waals surface area (Å²) in [5, 5.41) is 3.43. The van der Waals surface area contributed by atoms with Gasteiger partial charge in [0.2, 0.25) is 26.0 Å². The minimum atomic E-state index is -3.72. The van der Waals surface area contributed by atoms with Gasteiger partial charge in [-0.3, -0.25) is 9.10 Å². The van der Waals surface area contributed by atoms with E-state index in [1.54, 1.807) is 0 Å². The Bertz CT molecular complexity index is 909. The molecule has 0 radical (unpaired) electrons. The summed E-state index contributed by atoms with van der Waals surface area (Å²) in [6, 6.07) is 5.45. The number of hydrogen-bond acceptors (Lipinski definition) is 6. The maximum atomic E-state index is 12.3. The zero-order valence-corrected chi connectivity index (χ0v) is 20.2. The fourth-order valence-electron chi connectivity index (χ4n) is 3.23. The lowest BCUT2D eigenvalue weighted by molar-refractivity contribution is -0.119. The molecule has 0 heterocycles. The summed E-state index contributed by atoms with van der Waals surface area (Å²) in [5.41, 5.74) is 0.238. The lowest BCUT2D eigenvalue weighted by Crippen LogP contribution is -2.41. The predicted molar refractivity (Wildman–Crippen MR) is 122 cm³/mol. The van der Waals surface area contributed by atoms with Crippen molar-refractivity contribution >= 4 is 43.4 Å². The molecule has 1 saturated carbocycles. The van der Waals surface area contributed by atoms with Crippen molar-refractivity contribution in [3.05, 3.63) is 24.3 Å². The van der Waals surface area contributed by atoms with E-state index >= 15 is 0 Å². The summed E-state index contributed by atoms with van der Waals surface area (Å²) in [6.45, 7) is 0.129. The van der Waals surface area contributed by atoms with Crippen LogP contribution in [0.15, 0.2) is 29.2 Å². The SMILES string of the molecule is CN(C)S(=O)(=O)c1ccc(N(CC(=O)NCCSC2CCCCC2)S(C)(=O)=O)cc1. The molecule has 0 saturated heterocycles. The number of rotatable bonds is 10. The van der Waals surface area contributed by atoms with Gasteiger partial charge in [-0.15, -0.1) is 0 Å². The van der Waals surface area contributed by atoms with Gasteiger partial charge in [0.15, 0.2) is 0 Å². The summed E-state index contributed by atoms with van der Waals surface area (Å²) >= 11 is 1.86. The van der Waals surface area contributed by atoms with Crippen LogP contribution in [-0.2, 0) is 24.8 Å². The first-order valence-electron chi connectivity index (χ1n) is 9.90. The molecule has 1 aliphatic carbocycles. The predicted octanol–water partition coefficient (Wildman–Crippen LogP) is 1.89. The third-order valence-corrected chi connectivity index (χ3v) is 9.27. The van der Waals surface area contributed by atoms with Crippen LogP contribution in [0.25, 0.3) is 0 Å². The van der Waals surface area contributed by atoms with Gasteiger partial charge in [-0.05, 0) is 37.1 Å². The second-order valence-corrected chi connectivity index (χ2v) is 13.0. The molecule has 1 amide bonds. The topological polar surface area (TPSA) is 104 Å². The zero-order valence-electron chi connectivity index (χ0n) is 17.7. The first-order valence-corrected chi connectivity index (χ1v) is 14.2. The first kappa shape index (κ1) is 25.0. The highest BCUT2D eigenvalue weighted by Crippen LogP contribution is 2.27. The number of thioether (sulfide) groups is 1. The number of hydrogen-bond donors (Lipinski definition) is 1. The van der Waals surface area contributed by atoms with Crippen molar-refractivity contribution in [2.45, 2.75) is 42.2 Å². The van der Waals surface area contributed by atoms with Crippen LogP contribution in [-0.4, -0.2) is 71.5 Å². The average Bonchev–Trinajstić information content (AvgIpc) is 2.69. The van der Waals surface area contributed by atoms with E-state index in [9.17, 15) is 21.6 Å². The van der Waals surface area contributed by atoms with Gasteiger partial charge in [-0.25, -0.2) is 21.1 Å². The second-order valence-electron chi connectivity index (χ2n) is 7.53. The van der Waals surface area contributed by atoms with Gasteiger partial charge in [0, 0.05) is 31.6 Å². The van der Waals surface area contributed by atoms with Crippen LogP contribution < -0.4 is 9.62 Å². The molecule has 1 fully saturated rings. The van der Waals surface area contributed by atoms with Crippen LogP contribution in [0.1, 0.15) is 32.1 Å². The molecule has 1 N–H and O–H groups in total. The fraction of sp³-hybridized carbons (Fsp3) is 0.632. The van der Waals surface area contributed by atoms with Crippen LogP contribution in [0.2, 0.25) is 0 Å². The van der Waals surface area contributed by atoms with Crippen molar-refractivity contribution in [2.24, 2.45) is 0 Å². The Labute approximate surface area is 184 Å². The molecule has 30 heavy (non-hydrogen) atoms. The molecule has 0 bridgehead atoms. The minimum Gasteiger partial charge on any atom is -0.354 e. The standard InChI is InChI=1S/C19H31N3O5S3/c1-21(2)30(26,27)18-11-9-16(10-12-18)22(29(3,24)25)15-19(23)20-13-14-28-17-7-5-4-6-8-17/h9-12,17H,4-8,13-15H2,1-3H3,(H,20,23). The highest BCUT2D eigenvalue weighted by Gasteiger charge is 2.23. The monoisotopic (exact) mass is 477 g/mol. The molecule has 0 atom stereocenters. The van der Waals surface area contributed by atoms with Crippen molar-refractivity contribution < 1.29 is 21.6 Å². The lowest BCUT2D eigenvalue weighted by Gasteiger charge is -2.23. The number of anilines is 1.